The van der Waals surface area contributed by atoms with E-state index in [-0.39, 0.29) is 29.0 Å². The van der Waals surface area contributed by atoms with Crippen molar-refractivity contribution in [1.29, 1.82) is 0 Å². The summed E-state index contributed by atoms with van der Waals surface area (Å²) in [7, 11) is -2.65. The van der Waals surface area contributed by atoms with Crippen LogP contribution in [0.2, 0.25) is 0 Å². The zero-order valence-electron chi connectivity index (χ0n) is 19.2. The van der Waals surface area contributed by atoms with Crippen molar-refractivity contribution in [2.45, 2.75) is 24.2 Å². The van der Waals surface area contributed by atoms with Crippen molar-refractivity contribution < 1.29 is 32.7 Å². The molecular weight excluding hydrogens is 542 g/mol. The number of methoxy groups -OCH3 is 1. The third-order valence-electron chi connectivity index (χ3n) is 5.63. The highest BCUT2D eigenvalue weighted by molar-refractivity contribution is 9.10. The molecule has 1 fully saturated rings. The van der Waals surface area contributed by atoms with Crippen molar-refractivity contribution in [3.05, 3.63) is 53.0 Å². The molecule has 1 saturated heterocycles. The van der Waals surface area contributed by atoms with Gasteiger partial charge in [-0.3, -0.25) is 10.0 Å². The lowest BCUT2D eigenvalue weighted by Crippen LogP contribution is -2.45. The smallest absolute Gasteiger partial charge is 0.409 e. The second-order valence-electron chi connectivity index (χ2n) is 8.07. The van der Waals surface area contributed by atoms with Crippen molar-refractivity contribution >= 4 is 38.0 Å². The summed E-state index contributed by atoms with van der Waals surface area (Å²) in [5.74, 6) is -0.879. The second-order valence-corrected chi connectivity index (χ2v) is 10.6. The number of halogens is 1. The molecule has 1 heterocycles. The molecule has 0 spiro atoms. The van der Waals surface area contributed by atoms with Crippen molar-refractivity contribution in [2.24, 2.45) is 5.92 Å². The average Bonchev–Trinajstić information content (AvgIpc) is 2.85. The zero-order chi connectivity index (χ0) is 25.4. The molecule has 2 N–H and O–H groups in total. The van der Waals surface area contributed by atoms with Gasteiger partial charge in [-0.15, -0.1) is 5.17 Å². The molecule has 190 valence electrons. The fourth-order valence-corrected chi connectivity index (χ4v) is 4.84. The molecule has 0 aliphatic carbocycles. The largest absolute Gasteiger partial charge is 0.447 e. The quantitative estimate of drug-likeness (QED) is 0.269. The van der Waals surface area contributed by atoms with Crippen LogP contribution < -0.4 is 4.83 Å². The third kappa shape index (κ3) is 7.74. The summed E-state index contributed by atoms with van der Waals surface area (Å²) in [6.07, 6.45) is 0.565. The predicted molar refractivity (Wildman–Crippen MR) is 131 cm³/mol. The molecule has 35 heavy (non-hydrogen) atoms. The summed E-state index contributed by atoms with van der Waals surface area (Å²) in [5, 5.41) is 10.1. The van der Waals surface area contributed by atoms with Gasteiger partial charge in [0, 0.05) is 31.1 Å². The Morgan fingerprint density at radius 3 is 2.20 bits per heavy atom. The van der Waals surface area contributed by atoms with Crippen LogP contribution in [0.3, 0.4) is 0 Å². The first-order valence-electron chi connectivity index (χ1n) is 11.0. The first-order valence-corrected chi connectivity index (χ1v) is 13.3. The van der Waals surface area contributed by atoms with Crippen molar-refractivity contribution in [2.75, 3.05) is 33.4 Å². The Hall–Kier alpha value is -2.51. The van der Waals surface area contributed by atoms with Crippen LogP contribution in [0, 0.1) is 5.92 Å². The Morgan fingerprint density at radius 1 is 1.06 bits per heavy atom. The van der Waals surface area contributed by atoms with Gasteiger partial charge >= 0.3 is 6.09 Å². The Labute approximate surface area is 212 Å². The maximum Gasteiger partial charge on any atom is 0.409 e. The molecule has 3 rings (SSSR count). The number of carbonyl (C=O) groups is 2. The van der Waals surface area contributed by atoms with Crippen LogP contribution in [-0.4, -0.2) is 69.1 Å². The lowest BCUT2D eigenvalue weighted by atomic mass is 9.93. The SMILES string of the molecule is COCCOC(=O)N1CCC(CC(=O)N(O)NS(=O)(=O)c2ccc(-c3ccc(Br)cc3)cc2)CC1. The molecule has 2 aromatic carbocycles. The van der Waals surface area contributed by atoms with E-state index >= 15 is 0 Å². The van der Waals surface area contributed by atoms with Crippen LogP contribution in [-0.2, 0) is 24.3 Å². The van der Waals surface area contributed by atoms with Gasteiger partial charge in [0.25, 0.3) is 15.9 Å². The number of hydrazine groups is 1. The number of carbonyl (C=O) groups excluding carboxylic acids is 2. The summed E-state index contributed by atoms with van der Waals surface area (Å²) >= 11 is 3.37. The maximum atomic E-state index is 12.6. The van der Waals surface area contributed by atoms with Crippen molar-refractivity contribution in [1.82, 2.24) is 14.9 Å². The summed E-state index contributed by atoms with van der Waals surface area (Å²) in [6, 6.07) is 13.7. The molecule has 0 atom stereocenters. The number of rotatable bonds is 9. The van der Waals surface area contributed by atoms with Crippen LogP contribution in [0.25, 0.3) is 11.1 Å². The Bertz CT molecular complexity index is 1100. The predicted octanol–water partition coefficient (Wildman–Crippen LogP) is 3.41. The minimum Gasteiger partial charge on any atom is -0.447 e. The fraction of sp³-hybridized carbons (Fsp3) is 0.391. The number of benzene rings is 2. The first-order chi connectivity index (χ1) is 16.7. The Kier molecular flexibility index (Phi) is 9.63. The monoisotopic (exact) mass is 569 g/mol. The summed E-state index contributed by atoms with van der Waals surface area (Å²) < 4.78 is 36.1. The molecule has 2 aromatic rings. The summed E-state index contributed by atoms with van der Waals surface area (Å²) in [5.41, 5.74) is 1.74. The highest BCUT2D eigenvalue weighted by Gasteiger charge is 2.28. The van der Waals surface area contributed by atoms with Gasteiger partial charge in [0.1, 0.15) is 6.61 Å². The molecule has 1 aliphatic heterocycles. The molecule has 0 unspecified atom stereocenters. The number of hydroxylamine groups is 1. The van der Waals surface area contributed by atoms with Crippen LogP contribution in [0.5, 0.6) is 0 Å². The van der Waals surface area contributed by atoms with E-state index in [4.69, 9.17) is 9.47 Å². The summed E-state index contributed by atoms with van der Waals surface area (Å²) in [6.45, 7) is 1.30. The number of sulfonamides is 1. The van der Waals surface area contributed by atoms with E-state index in [1.807, 2.05) is 29.1 Å². The number of nitrogens with zero attached hydrogens (tertiary/aromatic N) is 2. The molecule has 0 saturated carbocycles. The Morgan fingerprint density at radius 2 is 1.63 bits per heavy atom. The van der Waals surface area contributed by atoms with Crippen molar-refractivity contribution in [3.63, 3.8) is 0 Å². The molecule has 1 aliphatic rings. The van der Waals surface area contributed by atoms with Gasteiger partial charge in [-0.1, -0.05) is 45.0 Å². The number of ether oxygens (including phenoxy) is 2. The minimum absolute atomic E-state index is 0.0172. The molecule has 0 bridgehead atoms. The number of amides is 2. The van der Waals surface area contributed by atoms with E-state index in [0.29, 0.717) is 32.5 Å². The van der Waals surface area contributed by atoms with Crippen molar-refractivity contribution in [3.8, 4) is 11.1 Å². The van der Waals surface area contributed by atoms with Gasteiger partial charge in [0.2, 0.25) is 0 Å². The maximum absolute atomic E-state index is 12.6. The van der Waals surface area contributed by atoms with E-state index in [9.17, 15) is 23.2 Å². The van der Waals surface area contributed by atoms with E-state index in [2.05, 4.69) is 15.9 Å². The second kappa shape index (κ2) is 12.5. The minimum atomic E-state index is -4.16. The van der Waals surface area contributed by atoms with E-state index in [1.54, 1.807) is 17.0 Å². The average molecular weight is 570 g/mol. The lowest BCUT2D eigenvalue weighted by molar-refractivity contribution is -0.173. The standard InChI is InChI=1S/C23H28BrN3O7S/c1-33-14-15-34-23(29)26-12-10-17(11-13-26)16-22(28)27(30)25-35(31,32)21-8-4-19(5-9-21)18-2-6-20(24)7-3-18/h2-9,17,25,30H,10-16H2,1H3. The topological polar surface area (TPSA) is 125 Å². The Balaban J connectivity index is 1.50. The van der Waals surface area contributed by atoms with E-state index in [1.165, 1.54) is 19.2 Å². The van der Waals surface area contributed by atoms with Gasteiger partial charge in [0.05, 0.1) is 11.5 Å². The first kappa shape index (κ1) is 27.1. The van der Waals surface area contributed by atoms with Crippen LogP contribution in [0.4, 0.5) is 4.79 Å². The fourth-order valence-electron chi connectivity index (χ4n) is 3.64. The molecule has 10 nitrogen and oxygen atoms in total. The number of piperidine rings is 1. The van der Waals surface area contributed by atoms with Crippen LogP contribution >= 0.6 is 15.9 Å². The third-order valence-corrected chi connectivity index (χ3v) is 7.47. The van der Waals surface area contributed by atoms with Gasteiger partial charge < -0.3 is 14.4 Å². The highest BCUT2D eigenvalue weighted by atomic mass is 79.9. The number of nitrogens with one attached hydrogen (secondary N) is 1. The van der Waals surface area contributed by atoms with E-state index < -0.39 is 22.0 Å². The normalized spacial score (nSPS) is 14.5. The van der Waals surface area contributed by atoms with E-state index in [0.717, 1.165) is 15.6 Å². The van der Waals surface area contributed by atoms with Gasteiger partial charge in [-0.05, 0) is 54.2 Å². The highest BCUT2D eigenvalue weighted by Crippen LogP contribution is 2.24. The number of hydrogen-bond donors (Lipinski definition) is 2. The van der Waals surface area contributed by atoms with Crippen LogP contribution in [0.15, 0.2) is 57.9 Å². The van der Waals surface area contributed by atoms with Gasteiger partial charge in [-0.2, -0.15) is 0 Å². The molecule has 0 aromatic heterocycles. The molecular formula is C23H28BrN3O7S. The van der Waals surface area contributed by atoms with Crippen LogP contribution in [0.1, 0.15) is 19.3 Å². The van der Waals surface area contributed by atoms with Gasteiger partial charge in [-0.25, -0.2) is 13.2 Å². The lowest BCUT2D eigenvalue weighted by Gasteiger charge is -2.31. The van der Waals surface area contributed by atoms with Gasteiger partial charge in [0.15, 0.2) is 0 Å². The number of likely N-dealkylation sites (tertiary alicyclic amines) is 1. The zero-order valence-corrected chi connectivity index (χ0v) is 21.6. The molecule has 0 radical (unpaired) electrons. The summed E-state index contributed by atoms with van der Waals surface area (Å²) in [4.78, 5) is 27.7. The molecule has 12 heteroatoms. The number of hydrogen-bond acceptors (Lipinski definition) is 7. The molecule has 2 amide bonds.